The van der Waals surface area contributed by atoms with Gasteiger partial charge in [0.15, 0.2) is 0 Å². The van der Waals surface area contributed by atoms with Crippen LogP contribution in [0.15, 0.2) is 18.2 Å². The molecule has 1 heterocycles. The Balaban J connectivity index is 1.94. The average Bonchev–Trinajstić information content (AvgIpc) is 2.41. The zero-order chi connectivity index (χ0) is 13.8. The van der Waals surface area contributed by atoms with Gasteiger partial charge in [-0.05, 0) is 44.0 Å². The number of hydrogen-bond donors (Lipinski definition) is 0. The number of benzene rings is 1. The monoisotopic (exact) mass is 257 g/mol. The summed E-state index contributed by atoms with van der Waals surface area (Å²) in [4.78, 5) is 5.04. The molecule has 3 nitrogen and oxygen atoms in total. The topological polar surface area (TPSA) is 30.3 Å². The average molecular weight is 257 g/mol. The highest BCUT2D eigenvalue weighted by Crippen LogP contribution is 2.15. The van der Waals surface area contributed by atoms with E-state index >= 15 is 0 Å². The molecule has 19 heavy (non-hydrogen) atoms. The first-order valence-corrected chi connectivity index (χ1v) is 7.06. The second-order valence-corrected chi connectivity index (χ2v) is 5.66. The van der Waals surface area contributed by atoms with Crippen molar-refractivity contribution in [3.8, 4) is 6.07 Å². The van der Waals surface area contributed by atoms with Gasteiger partial charge in [0.05, 0.1) is 11.6 Å². The standard InChI is InChI=1S/C16H23N3/c1-13(2)19-8-6-18(7-9-19)12-16-5-4-15(11-17)10-14(16)3/h4-5,10,13H,6-9,12H2,1-3H3. The molecule has 0 aromatic heterocycles. The molecule has 0 bridgehead atoms. The van der Waals surface area contributed by atoms with E-state index in [1.165, 1.54) is 11.1 Å². The van der Waals surface area contributed by atoms with Gasteiger partial charge in [0.2, 0.25) is 0 Å². The number of piperazine rings is 1. The van der Waals surface area contributed by atoms with E-state index in [-0.39, 0.29) is 0 Å². The van der Waals surface area contributed by atoms with Crippen molar-refractivity contribution in [2.45, 2.75) is 33.4 Å². The molecular formula is C16H23N3. The van der Waals surface area contributed by atoms with E-state index in [1.54, 1.807) is 0 Å². The number of nitrogens with zero attached hydrogens (tertiary/aromatic N) is 3. The molecule has 2 rings (SSSR count). The summed E-state index contributed by atoms with van der Waals surface area (Å²) in [6.45, 7) is 12.2. The van der Waals surface area contributed by atoms with Gasteiger partial charge in [-0.25, -0.2) is 0 Å². The van der Waals surface area contributed by atoms with Crippen LogP contribution in [0.3, 0.4) is 0 Å². The molecule has 102 valence electrons. The van der Waals surface area contributed by atoms with E-state index in [0.717, 1.165) is 38.3 Å². The molecule has 0 spiro atoms. The maximum atomic E-state index is 8.89. The Morgan fingerprint density at radius 2 is 1.89 bits per heavy atom. The van der Waals surface area contributed by atoms with Gasteiger partial charge < -0.3 is 0 Å². The van der Waals surface area contributed by atoms with Gasteiger partial charge in [-0.2, -0.15) is 5.26 Å². The van der Waals surface area contributed by atoms with Gasteiger partial charge in [-0.1, -0.05) is 6.07 Å². The fourth-order valence-corrected chi connectivity index (χ4v) is 2.62. The van der Waals surface area contributed by atoms with E-state index < -0.39 is 0 Å². The number of aryl methyl sites for hydroxylation is 1. The molecule has 0 N–H and O–H groups in total. The fourth-order valence-electron chi connectivity index (χ4n) is 2.62. The SMILES string of the molecule is Cc1cc(C#N)ccc1CN1CCN(C(C)C)CC1. The Kier molecular flexibility index (Phi) is 4.57. The third kappa shape index (κ3) is 3.56. The molecule has 1 saturated heterocycles. The summed E-state index contributed by atoms with van der Waals surface area (Å²) in [7, 11) is 0. The van der Waals surface area contributed by atoms with E-state index in [2.05, 4.69) is 42.7 Å². The number of nitriles is 1. The quantitative estimate of drug-likeness (QED) is 0.833. The third-order valence-corrected chi connectivity index (χ3v) is 4.00. The third-order valence-electron chi connectivity index (χ3n) is 4.00. The van der Waals surface area contributed by atoms with Crippen LogP contribution in [0.5, 0.6) is 0 Å². The van der Waals surface area contributed by atoms with Crippen molar-refractivity contribution in [3.05, 3.63) is 34.9 Å². The summed E-state index contributed by atoms with van der Waals surface area (Å²) in [6, 6.07) is 8.86. The lowest BCUT2D eigenvalue weighted by Gasteiger charge is -2.37. The zero-order valence-corrected chi connectivity index (χ0v) is 12.2. The molecule has 1 aromatic carbocycles. The lowest BCUT2D eigenvalue weighted by atomic mass is 10.0. The summed E-state index contributed by atoms with van der Waals surface area (Å²) in [6.07, 6.45) is 0. The van der Waals surface area contributed by atoms with Gasteiger partial charge in [0, 0.05) is 38.8 Å². The molecule has 1 aromatic rings. The molecule has 0 atom stereocenters. The van der Waals surface area contributed by atoms with Crippen LogP contribution in [0, 0.1) is 18.3 Å². The van der Waals surface area contributed by atoms with Crippen LogP contribution in [0.1, 0.15) is 30.5 Å². The molecule has 1 fully saturated rings. The van der Waals surface area contributed by atoms with Crippen molar-refractivity contribution in [1.29, 1.82) is 5.26 Å². The Bertz CT molecular complexity index is 465. The van der Waals surface area contributed by atoms with Crippen LogP contribution >= 0.6 is 0 Å². The fraction of sp³-hybridized carbons (Fsp3) is 0.562. The zero-order valence-electron chi connectivity index (χ0n) is 12.2. The number of rotatable bonds is 3. The van der Waals surface area contributed by atoms with Gasteiger partial charge in [0.1, 0.15) is 0 Å². The van der Waals surface area contributed by atoms with Crippen LogP contribution in [-0.2, 0) is 6.54 Å². The lowest BCUT2D eigenvalue weighted by Crippen LogP contribution is -2.48. The van der Waals surface area contributed by atoms with Crippen molar-refractivity contribution < 1.29 is 0 Å². The van der Waals surface area contributed by atoms with Crippen molar-refractivity contribution in [1.82, 2.24) is 9.80 Å². The highest BCUT2D eigenvalue weighted by atomic mass is 15.3. The Labute approximate surface area is 116 Å². The normalized spacial score (nSPS) is 17.6. The van der Waals surface area contributed by atoms with Crippen molar-refractivity contribution in [2.75, 3.05) is 26.2 Å². The summed E-state index contributed by atoms with van der Waals surface area (Å²) in [5, 5.41) is 8.89. The van der Waals surface area contributed by atoms with Crippen molar-refractivity contribution in [3.63, 3.8) is 0 Å². The van der Waals surface area contributed by atoms with Crippen LogP contribution < -0.4 is 0 Å². The predicted octanol–water partition coefficient (Wildman–Crippen LogP) is 2.39. The van der Waals surface area contributed by atoms with Crippen LogP contribution in [0.4, 0.5) is 0 Å². The smallest absolute Gasteiger partial charge is 0.0991 e. The van der Waals surface area contributed by atoms with Crippen LogP contribution in [-0.4, -0.2) is 42.0 Å². The summed E-state index contributed by atoms with van der Waals surface area (Å²) >= 11 is 0. The molecule has 1 aliphatic heterocycles. The summed E-state index contributed by atoms with van der Waals surface area (Å²) in [5.74, 6) is 0. The van der Waals surface area contributed by atoms with Gasteiger partial charge >= 0.3 is 0 Å². The maximum Gasteiger partial charge on any atom is 0.0991 e. The molecule has 0 amide bonds. The Morgan fingerprint density at radius 3 is 2.42 bits per heavy atom. The second-order valence-electron chi connectivity index (χ2n) is 5.66. The summed E-state index contributed by atoms with van der Waals surface area (Å²) in [5.41, 5.74) is 3.33. The van der Waals surface area contributed by atoms with Crippen LogP contribution in [0.25, 0.3) is 0 Å². The second kappa shape index (κ2) is 6.18. The van der Waals surface area contributed by atoms with E-state index in [1.807, 2.05) is 12.1 Å². The molecule has 0 unspecified atom stereocenters. The van der Waals surface area contributed by atoms with Gasteiger partial charge in [0.25, 0.3) is 0 Å². The van der Waals surface area contributed by atoms with E-state index in [4.69, 9.17) is 5.26 Å². The number of hydrogen-bond acceptors (Lipinski definition) is 3. The van der Waals surface area contributed by atoms with Crippen LogP contribution in [0.2, 0.25) is 0 Å². The lowest BCUT2D eigenvalue weighted by molar-refractivity contribution is 0.104. The summed E-state index contributed by atoms with van der Waals surface area (Å²) < 4.78 is 0. The van der Waals surface area contributed by atoms with Crippen molar-refractivity contribution >= 4 is 0 Å². The molecule has 0 saturated carbocycles. The molecule has 1 aliphatic rings. The molecule has 0 radical (unpaired) electrons. The minimum Gasteiger partial charge on any atom is -0.298 e. The van der Waals surface area contributed by atoms with E-state index in [9.17, 15) is 0 Å². The minimum absolute atomic E-state index is 0.652. The Morgan fingerprint density at radius 1 is 1.21 bits per heavy atom. The Hall–Kier alpha value is -1.37. The predicted molar refractivity (Wildman–Crippen MR) is 77.9 cm³/mol. The largest absolute Gasteiger partial charge is 0.298 e. The maximum absolute atomic E-state index is 8.89. The first-order valence-electron chi connectivity index (χ1n) is 7.06. The van der Waals surface area contributed by atoms with Gasteiger partial charge in [-0.3, -0.25) is 9.80 Å². The first-order chi connectivity index (χ1) is 9.10. The highest BCUT2D eigenvalue weighted by molar-refractivity contribution is 5.37. The highest BCUT2D eigenvalue weighted by Gasteiger charge is 2.19. The van der Waals surface area contributed by atoms with Crippen molar-refractivity contribution in [2.24, 2.45) is 0 Å². The molecule has 0 aliphatic carbocycles. The first kappa shape index (κ1) is 14.0. The molecular weight excluding hydrogens is 234 g/mol. The minimum atomic E-state index is 0.652. The molecule has 3 heteroatoms. The van der Waals surface area contributed by atoms with E-state index in [0.29, 0.717) is 6.04 Å². The van der Waals surface area contributed by atoms with Gasteiger partial charge in [-0.15, -0.1) is 0 Å².